The number of carbonyl (C=O) groups is 1. The van der Waals surface area contributed by atoms with Gasteiger partial charge in [0, 0.05) is 12.1 Å². The van der Waals surface area contributed by atoms with Gasteiger partial charge in [0.05, 0.1) is 0 Å². The van der Waals surface area contributed by atoms with Crippen LogP contribution in [0.1, 0.15) is 49.7 Å². The first-order valence-corrected chi connectivity index (χ1v) is 9.22. The Labute approximate surface area is 139 Å². The van der Waals surface area contributed by atoms with Crippen molar-refractivity contribution in [2.24, 2.45) is 17.8 Å². The number of amides is 2. The summed E-state index contributed by atoms with van der Waals surface area (Å²) in [5, 5.41) is 6.45. The quantitative estimate of drug-likeness (QED) is 0.872. The van der Waals surface area contributed by atoms with Gasteiger partial charge in [0.2, 0.25) is 0 Å². The molecule has 0 spiro atoms. The lowest BCUT2D eigenvalue weighted by Crippen LogP contribution is -2.61. The van der Waals surface area contributed by atoms with Crippen molar-refractivity contribution < 1.29 is 4.79 Å². The minimum Gasteiger partial charge on any atom is -0.338 e. The monoisotopic (exact) mass is 312 g/mol. The van der Waals surface area contributed by atoms with E-state index in [1.807, 2.05) is 0 Å². The van der Waals surface area contributed by atoms with Gasteiger partial charge in [-0.15, -0.1) is 0 Å². The van der Waals surface area contributed by atoms with Gasteiger partial charge in [0.15, 0.2) is 0 Å². The molecule has 4 bridgehead atoms. The average molecular weight is 312 g/mol. The van der Waals surface area contributed by atoms with Crippen molar-refractivity contribution in [2.75, 3.05) is 6.54 Å². The molecule has 4 saturated carbocycles. The van der Waals surface area contributed by atoms with Gasteiger partial charge in [-0.25, -0.2) is 4.79 Å². The minimum absolute atomic E-state index is 0.0413. The van der Waals surface area contributed by atoms with E-state index in [-0.39, 0.29) is 11.6 Å². The summed E-state index contributed by atoms with van der Waals surface area (Å²) in [4.78, 5) is 12.4. The maximum absolute atomic E-state index is 12.4. The Morgan fingerprint density at radius 2 is 1.78 bits per heavy atom. The van der Waals surface area contributed by atoms with E-state index < -0.39 is 0 Å². The zero-order valence-corrected chi connectivity index (χ0v) is 14.1. The van der Waals surface area contributed by atoms with Gasteiger partial charge in [0.1, 0.15) is 0 Å². The van der Waals surface area contributed by atoms with E-state index in [1.165, 1.54) is 49.7 Å². The number of hydrogen-bond donors (Lipinski definition) is 2. The van der Waals surface area contributed by atoms with Crippen molar-refractivity contribution in [3.8, 4) is 0 Å². The van der Waals surface area contributed by atoms with E-state index in [1.54, 1.807) is 0 Å². The molecule has 0 saturated heterocycles. The predicted molar refractivity (Wildman–Crippen MR) is 92.3 cm³/mol. The number of hydrogen-bond acceptors (Lipinski definition) is 1. The first-order chi connectivity index (χ1) is 11.1. The van der Waals surface area contributed by atoms with Gasteiger partial charge in [-0.2, -0.15) is 0 Å². The van der Waals surface area contributed by atoms with Crippen LogP contribution in [-0.2, 0) is 6.42 Å². The molecule has 23 heavy (non-hydrogen) atoms. The zero-order valence-electron chi connectivity index (χ0n) is 14.1. The second-order valence-electron chi connectivity index (χ2n) is 8.32. The number of rotatable bonds is 4. The van der Waals surface area contributed by atoms with E-state index >= 15 is 0 Å². The molecule has 5 rings (SSSR count). The van der Waals surface area contributed by atoms with Gasteiger partial charge in [0.25, 0.3) is 0 Å². The van der Waals surface area contributed by atoms with Crippen molar-refractivity contribution in [3.63, 3.8) is 0 Å². The summed E-state index contributed by atoms with van der Waals surface area (Å²) in [6.07, 6.45) is 8.77. The Morgan fingerprint density at radius 3 is 2.39 bits per heavy atom. The van der Waals surface area contributed by atoms with Crippen molar-refractivity contribution >= 4 is 6.03 Å². The molecule has 1 aromatic carbocycles. The molecule has 0 atom stereocenters. The van der Waals surface area contributed by atoms with Crippen LogP contribution in [0.5, 0.6) is 0 Å². The summed E-state index contributed by atoms with van der Waals surface area (Å²) < 4.78 is 0. The third-order valence-electron chi connectivity index (χ3n) is 6.20. The number of nitrogens with one attached hydrogen (secondary N) is 2. The van der Waals surface area contributed by atoms with Crippen LogP contribution in [0, 0.1) is 24.7 Å². The SMILES string of the molecule is Cc1cccc(CCNC(=O)NC23CC4CC(CC(C4)C2)C3)c1. The molecule has 124 valence electrons. The van der Waals surface area contributed by atoms with Gasteiger partial charge in [-0.1, -0.05) is 29.8 Å². The molecule has 2 N–H and O–H groups in total. The highest BCUT2D eigenvalue weighted by atomic mass is 16.2. The molecule has 2 amide bonds. The molecule has 4 aliphatic rings. The second-order valence-corrected chi connectivity index (χ2v) is 8.32. The Bertz CT molecular complexity index is 560. The molecular weight excluding hydrogens is 284 g/mol. The average Bonchev–Trinajstić information content (AvgIpc) is 2.45. The maximum atomic E-state index is 12.4. The normalized spacial score (nSPS) is 34.4. The van der Waals surface area contributed by atoms with Crippen LogP contribution >= 0.6 is 0 Å². The standard InChI is InChI=1S/C20H28N2O/c1-14-3-2-4-15(7-14)5-6-21-19(23)22-20-11-16-8-17(12-20)10-18(9-16)13-20/h2-4,7,16-18H,5-6,8-13H2,1H3,(H2,21,22,23). The zero-order chi connectivity index (χ0) is 15.9. The number of urea groups is 1. The highest BCUT2D eigenvalue weighted by Gasteiger charge is 2.51. The fourth-order valence-corrected chi connectivity index (χ4v) is 5.74. The van der Waals surface area contributed by atoms with Crippen LogP contribution in [0.25, 0.3) is 0 Å². The van der Waals surface area contributed by atoms with Crippen LogP contribution in [0.3, 0.4) is 0 Å². The Morgan fingerprint density at radius 1 is 1.13 bits per heavy atom. The Balaban J connectivity index is 1.29. The Hall–Kier alpha value is -1.51. The van der Waals surface area contributed by atoms with E-state index in [0.29, 0.717) is 6.54 Å². The van der Waals surface area contributed by atoms with Gasteiger partial charge >= 0.3 is 6.03 Å². The third kappa shape index (κ3) is 3.24. The van der Waals surface area contributed by atoms with E-state index in [4.69, 9.17) is 0 Å². The van der Waals surface area contributed by atoms with Crippen LogP contribution in [-0.4, -0.2) is 18.1 Å². The lowest BCUT2D eigenvalue weighted by atomic mass is 9.53. The van der Waals surface area contributed by atoms with Crippen molar-refractivity contribution in [3.05, 3.63) is 35.4 Å². The molecule has 3 nitrogen and oxygen atoms in total. The molecule has 0 aromatic heterocycles. The molecule has 0 heterocycles. The molecule has 3 heteroatoms. The highest BCUT2D eigenvalue weighted by molar-refractivity contribution is 5.74. The first-order valence-electron chi connectivity index (χ1n) is 9.22. The smallest absolute Gasteiger partial charge is 0.315 e. The number of benzene rings is 1. The molecule has 0 aliphatic heterocycles. The van der Waals surface area contributed by atoms with Crippen molar-refractivity contribution in [2.45, 2.75) is 57.4 Å². The fourth-order valence-electron chi connectivity index (χ4n) is 5.74. The Kier molecular flexibility index (Phi) is 3.82. The highest BCUT2D eigenvalue weighted by Crippen LogP contribution is 2.55. The third-order valence-corrected chi connectivity index (χ3v) is 6.20. The summed E-state index contributed by atoms with van der Waals surface area (Å²) in [5.74, 6) is 2.61. The molecular formula is C20H28N2O. The molecule has 0 radical (unpaired) electrons. The van der Waals surface area contributed by atoms with Gasteiger partial charge < -0.3 is 10.6 Å². The van der Waals surface area contributed by atoms with Crippen LogP contribution in [0.4, 0.5) is 4.79 Å². The molecule has 4 aliphatic carbocycles. The van der Waals surface area contributed by atoms with E-state index in [9.17, 15) is 4.79 Å². The number of aryl methyl sites for hydroxylation is 1. The summed E-state index contributed by atoms with van der Waals surface area (Å²) >= 11 is 0. The second kappa shape index (κ2) is 5.85. The largest absolute Gasteiger partial charge is 0.338 e. The first kappa shape index (κ1) is 15.0. The minimum atomic E-state index is 0.0413. The summed E-state index contributed by atoms with van der Waals surface area (Å²) in [6.45, 7) is 2.82. The van der Waals surface area contributed by atoms with Crippen LogP contribution in [0.15, 0.2) is 24.3 Å². The fraction of sp³-hybridized carbons (Fsp3) is 0.650. The summed E-state index contributed by atoms with van der Waals surface area (Å²) in [7, 11) is 0. The maximum Gasteiger partial charge on any atom is 0.315 e. The van der Waals surface area contributed by atoms with Crippen molar-refractivity contribution in [1.82, 2.24) is 10.6 Å². The van der Waals surface area contributed by atoms with E-state index in [0.717, 1.165) is 24.2 Å². The topological polar surface area (TPSA) is 41.1 Å². The molecule has 0 unspecified atom stereocenters. The summed E-state index contributed by atoms with van der Waals surface area (Å²) in [6, 6.07) is 8.56. The van der Waals surface area contributed by atoms with Crippen molar-refractivity contribution in [1.29, 1.82) is 0 Å². The lowest BCUT2D eigenvalue weighted by Gasteiger charge is -2.56. The van der Waals surface area contributed by atoms with Gasteiger partial charge in [-0.05, 0) is 75.2 Å². The van der Waals surface area contributed by atoms with Crippen LogP contribution in [0.2, 0.25) is 0 Å². The van der Waals surface area contributed by atoms with E-state index in [2.05, 4.69) is 41.8 Å². The molecule has 4 fully saturated rings. The van der Waals surface area contributed by atoms with Gasteiger partial charge in [-0.3, -0.25) is 0 Å². The summed E-state index contributed by atoms with van der Waals surface area (Å²) in [5.41, 5.74) is 2.68. The van der Waals surface area contributed by atoms with Crippen LogP contribution < -0.4 is 10.6 Å². The lowest BCUT2D eigenvalue weighted by molar-refractivity contribution is -0.0135. The molecule has 1 aromatic rings. The predicted octanol–water partition coefficient (Wildman–Crippen LogP) is 3.81. The number of carbonyl (C=O) groups excluding carboxylic acids is 1.